The molecule has 3 aliphatic rings. The van der Waals surface area contributed by atoms with Crippen molar-refractivity contribution in [2.24, 2.45) is 5.92 Å². The van der Waals surface area contributed by atoms with Gasteiger partial charge in [0.15, 0.2) is 0 Å². The lowest BCUT2D eigenvalue weighted by molar-refractivity contribution is -0.133. The zero-order valence-corrected chi connectivity index (χ0v) is 23.8. The molecule has 1 atom stereocenters. The number of likely N-dealkylation sites (tertiary alicyclic amines) is 1. The highest BCUT2D eigenvalue weighted by molar-refractivity contribution is 7.92. The van der Waals surface area contributed by atoms with E-state index in [4.69, 9.17) is 11.6 Å². The highest BCUT2D eigenvalue weighted by Crippen LogP contribution is 2.37. The number of piperazine rings is 1. The van der Waals surface area contributed by atoms with Crippen LogP contribution in [0.25, 0.3) is 0 Å². The van der Waals surface area contributed by atoms with E-state index in [1.807, 2.05) is 36.4 Å². The number of hydrogen-bond acceptors (Lipinski definition) is 5. The average Bonchev–Trinajstić information content (AvgIpc) is 3.71. The number of benzene rings is 2. The molecule has 1 aliphatic carbocycles. The Labute approximate surface area is 235 Å². The van der Waals surface area contributed by atoms with Gasteiger partial charge in [0.25, 0.3) is 0 Å². The summed E-state index contributed by atoms with van der Waals surface area (Å²) in [5.74, 6) is 0.296. The molecule has 11 heteroatoms. The van der Waals surface area contributed by atoms with Crippen molar-refractivity contribution in [3.05, 3.63) is 59.1 Å². The number of nitrogens with one attached hydrogen (secondary N) is 1. The lowest BCUT2D eigenvalue weighted by atomic mass is 10.0. The Balaban J connectivity index is 1.28. The van der Waals surface area contributed by atoms with E-state index in [9.17, 15) is 18.0 Å². The summed E-state index contributed by atoms with van der Waals surface area (Å²) >= 11 is 6.04. The minimum Gasteiger partial charge on any atom is -0.366 e. The molecule has 1 N–H and O–H groups in total. The molecular weight excluding hydrogens is 538 g/mol. The molecule has 210 valence electrons. The van der Waals surface area contributed by atoms with Crippen LogP contribution in [-0.4, -0.2) is 88.3 Å². The van der Waals surface area contributed by atoms with Gasteiger partial charge in [0, 0.05) is 57.3 Å². The van der Waals surface area contributed by atoms with Crippen LogP contribution in [0.1, 0.15) is 24.8 Å². The lowest BCUT2D eigenvalue weighted by Crippen LogP contribution is -2.58. The van der Waals surface area contributed by atoms with Gasteiger partial charge in [0.2, 0.25) is 15.9 Å². The third-order valence-electron chi connectivity index (χ3n) is 7.70. The fourth-order valence-corrected chi connectivity index (χ4v) is 6.21. The predicted molar refractivity (Wildman–Crippen MR) is 154 cm³/mol. The van der Waals surface area contributed by atoms with Gasteiger partial charge < -0.3 is 20.0 Å². The second-order valence-electron chi connectivity index (χ2n) is 10.7. The number of carbonyl (C=O) groups is 2. The van der Waals surface area contributed by atoms with Crippen LogP contribution in [0.3, 0.4) is 0 Å². The fraction of sp³-hybridized carbons (Fsp3) is 0.500. The first-order chi connectivity index (χ1) is 18.7. The first kappa shape index (κ1) is 27.6. The van der Waals surface area contributed by atoms with E-state index in [2.05, 4.69) is 10.2 Å². The molecule has 2 aromatic carbocycles. The molecule has 3 fully saturated rings. The van der Waals surface area contributed by atoms with Crippen LogP contribution >= 0.6 is 11.6 Å². The minimum atomic E-state index is -3.43. The van der Waals surface area contributed by atoms with Gasteiger partial charge >= 0.3 is 6.03 Å². The lowest BCUT2D eigenvalue weighted by Gasteiger charge is -2.40. The van der Waals surface area contributed by atoms with Gasteiger partial charge in [-0.2, -0.15) is 0 Å². The molecule has 2 saturated heterocycles. The number of sulfonamides is 1. The molecule has 2 aromatic rings. The van der Waals surface area contributed by atoms with Crippen molar-refractivity contribution in [3.63, 3.8) is 0 Å². The molecule has 0 bridgehead atoms. The van der Waals surface area contributed by atoms with E-state index in [-0.39, 0.29) is 11.9 Å². The van der Waals surface area contributed by atoms with Crippen LogP contribution < -0.4 is 14.5 Å². The van der Waals surface area contributed by atoms with Crippen LogP contribution in [0.2, 0.25) is 5.02 Å². The van der Waals surface area contributed by atoms with Crippen LogP contribution in [0.15, 0.2) is 48.5 Å². The summed E-state index contributed by atoms with van der Waals surface area (Å²) < 4.78 is 26.9. The third kappa shape index (κ3) is 6.78. The Morgan fingerprint density at radius 2 is 1.64 bits per heavy atom. The highest BCUT2D eigenvalue weighted by Gasteiger charge is 2.34. The minimum absolute atomic E-state index is 0.113. The predicted octanol–water partition coefficient (Wildman–Crippen LogP) is 3.19. The van der Waals surface area contributed by atoms with Crippen molar-refractivity contribution in [1.29, 1.82) is 0 Å². The van der Waals surface area contributed by atoms with Gasteiger partial charge in [0.05, 0.1) is 17.6 Å². The maximum atomic E-state index is 13.7. The number of hydrogen-bond donors (Lipinski definition) is 1. The van der Waals surface area contributed by atoms with Gasteiger partial charge in [-0.3, -0.25) is 9.10 Å². The van der Waals surface area contributed by atoms with E-state index < -0.39 is 16.1 Å². The van der Waals surface area contributed by atoms with Gasteiger partial charge in [-0.25, -0.2) is 13.2 Å². The molecule has 3 amide bonds. The monoisotopic (exact) mass is 573 g/mol. The van der Waals surface area contributed by atoms with Crippen molar-refractivity contribution in [3.8, 4) is 0 Å². The van der Waals surface area contributed by atoms with E-state index in [0.29, 0.717) is 68.9 Å². The third-order valence-corrected chi connectivity index (χ3v) is 9.09. The molecular formula is C28H36ClN5O4S. The Morgan fingerprint density at radius 1 is 0.974 bits per heavy atom. The normalized spacial score (nSPS) is 18.4. The summed E-state index contributed by atoms with van der Waals surface area (Å²) in [5, 5.41) is 3.58. The van der Waals surface area contributed by atoms with Crippen molar-refractivity contribution >= 4 is 44.9 Å². The van der Waals surface area contributed by atoms with Gasteiger partial charge in [0.1, 0.15) is 6.04 Å². The Morgan fingerprint density at radius 3 is 2.23 bits per heavy atom. The van der Waals surface area contributed by atoms with Crippen LogP contribution in [0, 0.1) is 5.92 Å². The number of rotatable bonds is 9. The number of nitrogens with zero attached hydrogens (tertiary/aromatic N) is 4. The van der Waals surface area contributed by atoms with Crippen LogP contribution in [0.5, 0.6) is 0 Å². The summed E-state index contributed by atoms with van der Waals surface area (Å²) in [6, 6.07) is 14.0. The molecule has 2 heterocycles. The quantitative estimate of drug-likeness (QED) is 0.497. The molecule has 2 aliphatic heterocycles. The topological polar surface area (TPSA) is 93.3 Å². The standard InChI is InChI=1S/C28H36ClN5O4S/c1-39(37,38)34(20-22-7-8-22)26-6-3-2-5-25(26)31-15-17-32(18-16-31)27(35)24(30-28(36)33-13-4-14-33)19-21-9-11-23(29)12-10-21/h2-3,5-6,9-12,22,24H,4,7-8,13-20H2,1H3,(H,30,36). The molecule has 1 saturated carbocycles. The second-order valence-corrected chi connectivity index (χ2v) is 13.1. The fourth-order valence-electron chi connectivity index (χ4n) is 5.09. The molecule has 1 unspecified atom stereocenters. The molecule has 5 rings (SSSR count). The van der Waals surface area contributed by atoms with Gasteiger partial charge in [-0.05, 0) is 55.0 Å². The van der Waals surface area contributed by atoms with Crippen LogP contribution in [-0.2, 0) is 21.2 Å². The SMILES string of the molecule is CS(=O)(=O)N(CC1CC1)c1ccccc1N1CCN(C(=O)C(Cc2ccc(Cl)cc2)NC(=O)N2CCC2)CC1. The van der Waals surface area contributed by atoms with E-state index in [1.54, 1.807) is 21.9 Å². The zero-order chi connectivity index (χ0) is 27.6. The van der Waals surface area contributed by atoms with Gasteiger partial charge in [-0.15, -0.1) is 0 Å². The number of halogens is 1. The molecule has 0 spiro atoms. The Bertz CT molecular complexity index is 1290. The summed E-state index contributed by atoms with van der Waals surface area (Å²) in [6.07, 6.45) is 4.73. The number of urea groups is 1. The Kier molecular flexibility index (Phi) is 8.23. The first-order valence-corrected chi connectivity index (χ1v) is 15.8. The number of para-hydroxylation sites is 2. The van der Waals surface area contributed by atoms with Crippen LogP contribution in [0.4, 0.5) is 16.2 Å². The number of anilines is 2. The summed E-state index contributed by atoms with van der Waals surface area (Å²) in [4.78, 5) is 32.1. The first-order valence-electron chi connectivity index (χ1n) is 13.6. The smallest absolute Gasteiger partial charge is 0.318 e. The second kappa shape index (κ2) is 11.6. The zero-order valence-electron chi connectivity index (χ0n) is 22.3. The molecule has 0 radical (unpaired) electrons. The van der Waals surface area contributed by atoms with Crippen molar-refractivity contribution in [1.82, 2.24) is 15.1 Å². The summed E-state index contributed by atoms with van der Waals surface area (Å²) in [6.45, 7) is 4.00. The Hall–Kier alpha value is -2.98. The van der Waals surface area contributed by atoms with E-state index in [1.165, 1.54) is 10.6 Å². The van der Waals surface area contributed by atoms with Crippen molar-refractivity contribution in [2.75, 3.05) is 61.3 Å². The van der Waals surface area contributed by atoms with E-state index in [0.717, 1.165) is 30.5 Å². The van der Waals surface area contributed by atoms with Crippen molar-refractivity contribution in [2.45, 2.75) is 31.7 Å². The number of amides is 3. The average molecular weight is 574 g/mol. The maximum absolute atomic E-state index is 13.7. The summed E-state index contributed by atoms with van der Waals surface area (Å²) in [5.41, 5.74) is 2.47. The molecule has 0 aromatic heterocycles. The maximum Gasteiger partial charge on any atom is 0.318 e. The molecule has 9 nitrogen and oxygen atoms in total. The highest BCUT2D eigenvalue weighted by atomic mass is 35.5. The molecule has 39 heavy (non-hydrogen) atoms. The van der Waals surface area contributed by atoms with Gasteiger partial charge in [-0.1, -0.05) is 35.9 Å². The largest absolute Gasteiger partial charge is 0.366 e. The van der Waals surface area contributed by atoms with Crippen molar-refractivity contribution < 1.29 is 18.0 Å². The number of carbonyl (C=O) groups excluding carboxylic acids is 2. The van der Waals surface area contributed by atoms with E-state index >= 15 is 0 Å². The summed E-state index contributed by atoms with van der Waals surface area (Å²) in [7, 11) is -3.43.